The molecule has 5 heteroatoms. The number of esters is 1. The van der Waals surface area contributed by atoms with Gasteiger partial charge in [0.15, 0.2) is 0 Å². The zero-order valence-corrected chi connectivity index (χ0v) is 16.4. The molecule has 5 nitrogen and oxygen atoms in total. The molecule has 0 radical (unpaired) electrons. The highest BCUT2D eigenvalue weighted by molar-refractivity contribution is 5.92. The summed E-state index contributed by atoms with van der Waals surface area (Å²) in [6, 6.07) is 16.1. The topological polar surface area (TPSA) is 58.6 Å². The molecule has 1 aliphatic rings. The van der Waals surface area contributed by atoms with E-state index >= 15 is 0 Å². The Labute approximate surface area is 166 Å². The van der Waals surface area contributed by atoms with Gasteiger partial charge in [0.05, 0.1) is 13.2 Å². The van der Waals surface area contributed by atoms with Gasteiger partial charge in [-0.3, -0.25) is 9.69 Å². The summed E-state index contributed by atoms with van der Waals surface area (Å²) in [5.74, 6) is -0.405. The summed E-state index contributed by atoms with van der Waals surface area (Å²) in [4.78, 5) is 25.9. The van der Waals surface area contributed by atoms with Crippen LogP contribution in [0.2, 0.25) is 0 Å². The van der Waals surface area contributed by atoms with Crippen molar-refractivity contribution < 1.29 is 14.3 Å². The minimum atomic E-state index is -0.364. The number of anilines is 1. The summed E-state index contributed by atoms with van der Waals surface area (Å²) in [6.45, 7) is 2.46. The summed E-state index contributed by atoms with van der Waals surface area (Å²) >= 11 is 0. The number of rotatable bonds is 7. The molecule has 2 aromatic carbocycles. The number of aryl methyl sites for hydroxylation is 1. The van der Waals surface area contributed by atoms with Crippen molar-refractivity contribution in [3.8, 4) is 0 Å². The first-order chi connectivity index (χ1) is 13.6. The van der Waals surface area contributed by atoms with Gasteiger partial charge in [-0.15, -0.1) is 0 Å². The van der Waals surface area contributed by atoms with Crippen molar-refractivity contribution in [1.29, 1.82) is 0 Å². The average molecular weight is 378 g/mol. The van der Waals surface area contributed by atoms with Crippen molar-refractivity contribution >= 4 is 23.6 Å². The summed E-state index contributed by atoms with van der Waals surface area (Å²) in [6.07, 6.45) is 5.19. The van der Waals surface area contributed by atoms with E-state index in [-0.39, 0.29) is 17.9 Å². The number of nitrogens with one attached hydrogen (secondary N) is 1. The van der Waals surface area contributed by atoms with E-state index in [4.69, 9.17) is 4.74 Å². The van der Waals surface area contributed by atoms with Crippen molar-refractivity contribution in [3.05, 3.63) is 71.3 Å². The quantitative estimate of drug-likeness (QED) is 0.588. The Morgan fingerprint density at radius 2 is 1.93 bits per heavy atom. The fraction of sp³-hybridized carbons (Fsp3) is 0.304. The average Bonchev–Trinajstić information content (AvgIpc) is 3.12. The predicted octanol–water partition coefficient (Wildman–Crippen LogP) is 3.82. The van der Waals surface area contributed by atoms with Gasteiger partial charge in [-0.25, -0.2) is 4.79 Å². The molecular formula is C23H26N2O3. The second kappa shape index (κ2) is 9.33. The monoisotopic (exact) mass is 378 g/mol. The fourth-order valence-corrected chi connectivity index (χ4v) is 3.56. The Kier molecular flexibility index (Phi) is 6.61. The Morgan fingerprint density at radius 3 is 2.68 bits per heavy atom. The smallest absolute Gasteiger partial charge is 0.330 e. The van der Waals surface area contributed by atoms with Crippen LogP contribution >= 0.6 is 0 Å². The van der Waals surface area contributed by atoms with E-state index in [9.17, 15) is 9.59 Å². The van der Waals surface area contributed by atoms with Crippen molar-refractivity contribution in [1.82, 2.24) is 4.90 Å². The van der Waals surface area contributed by atoms with Gasteiger partial charge in [0.1, 0.15) is 0 Å². The van der Waals surface area contributed by atoms with Crippen LogP contribution in [0, 0.1) is 0 Å². The van der Waals surface area contributed by atoms with E-state index in [1.165, 1.54) is 17.2 Å². The SMILES string of the molecule is CCOC(=O)/C=C/c1ccc(NC(=O)CN(C)C2CCc3ccccc32)cc1. The van der Waals surface area contributed by atoms with Crippen LogP contribution in [-0.2, 0) is 20.7 Å². The molecule has 0 fully saturated rings. The Bertz CT molecular complexity index is 858. The van der Waals surface area contributed by atoms with E-state index in [1.54, 1.807) is 13.0 Å². The van der Waals surface area contributed by atoms with Crippen molar-refractivity contribution in [2.75, 3.05) is 25.5 Å². The lowest BCUT2D eigenvalue weighted by Crippen LogP contribution is -2.32. The molecule has 0 saturated carbocycles. The Hall–Kier alpha value is -2.92. The van der Waals surface area contributed by atoms with Crippen LogP contribution < -0.4 is 5.32 Å². The van der Waals surface area contributed by atoms with Crippen LogP contribution in [0.3, 0.4) is 0 Å². The third kappa shape index (κ3) is 5.08. The molecule has 0 aliphatic heterocycles. The molecule has 146 valence electrons. The zero-order valence-electron chi connectivity index (χ0n) is 16.4. The molecule has 1 unspecified atom stereocenters. The van der Waals surface area contributed by atoms with Crippen LogP contribution in [0.4, 0.5) is 5.69 Å². The van der Waals surface area contributed by atoms with E-state index < -0.39 is 0 Å². The molecule has 0 heterocycles. The molecular weight excluding hydrogens is 352 g/mol. The van der Waals surface area contributed by atoms with Crippen LogP contribution in [0.15, 0.2) is 54.6 Å². The second-order valence-electron chi connectivity index (χ2n) is 6.92. The van der Waals surface area contributed by atoms with Gasteiger partial charge in [-0.1, -0.05) is 36.4 Å². The Balaban J connectivity index is 1.53. The maximum Gasteiger partial charge on any atom is 0.330 e. The van der Waals surface area contributed by atoms with E-state index in [0.717, 1.165) is 24.1 Å². The summed E-state index contributed by atoms with van der Waals surface area (Å²) in [5.41, 5.74) is 4.31. The number of nitrogens with zero attached hydrogens (tertiary/aromatic N) is 1. The first-order valence-corrected chi connectivity index (χ1v) is 9.59. The molecule has 3 rings (SSSR count). The molecule has 0 aromatic heterocycles. The maximum atomic E-state index is 12.4. The predicted molar refractivity (Wildman–Crippen MR) is 111 cm³/mol. The highest BCUT2D eigenvalue weighted by atomic mass is 16.5. The van der Waals surface area contributed by atoms with Gasteiger partial charge in [0.2, 0.25) is 5.91 Å². The number of hydrogen-bond donors (Lipinski definition) is 1. The molecule has 2 aromatic rings. The minimum absolute atomic E-state index is 0.0401. The molecule has 1 amide bonds. The lowest BCUT2D eigenvalue weighted by Gasteiger charge is -2.24. The zero-order chi connectivity index (χ0) is 19.9. The first-order valence-electron chi connectivity index (χ1n) is 9.59. The highest BCUT2D eigenvalue weighted by Gasteiger charge is 2.26. The van der Waals surface area contributed by atoms with Gasteiger partial charge in [-0.2, -0.15) is 0 Å². The molecule has 0 saturated heterocycles. The normalized spacial score (nSPS) is 15.6. The van der Waals surface area contributed by atoms with Crippen LogP contribution in [0.5, 0.6) is 0 Å². The molecule has 1 N–H and O–H groups in total. The number of amides is 1. The second-order valence-corrected chi connectivity index (χ2v) is 6.92. The van der Waals surface area contributed by atoms with Gasteiger partial charge >= 0.3 is 5.97 Å². The first kappa shape index (κ1) is 19.8. The highest BCUT2D eigenvalue weighted by Crippen LogP contribution is 2.34. The van der Waals surface area contributed by atoms with Crippen LogP contribution in [-0.4, -0.2) is 37.0 Å². The lowest BCUT2D eigenvalue weighted by atomic mass is 10.1. The number of benzene rings is 2. The van der Waals surface area contributed by atoms with Crippen molar-refractivity contribution in [2.24, 2.45) is 0 Å². The molecule has 1 aliphatic carbocycles. The summed E-state index contributed by atoms with van der Waals surface area (Å²) in [7, 11) is 2.00. The minimum Gasteiger partial charge on any atom is -0.463 e. The van der Waals surface area contributed by atoms with Gasteiger partial charge < -0.3 is 10.1 Å². The standard InChI is InChI=1S/C23H26N2O3/c1-3-28-23(27)15-10-17-8-12-19(13-9-17)24-22(26)16-25(2)21-14-11-18-6-4-5-7-20(18)21/h4-10,12-13,15,21H,3,11,14,16H2,1-2H3,(H,24,26)/b15-10+. The third-order valence-corrected chi connectivity index (χ3v) is 4.92. The van der Waals surface area contributed by atoms with Gasteiger partial charge in [0.25, 0.3) is 0 Å². The largest absolute Gasteiger partial charge is 0.463 e. The van der Waals surface area contributed by atoms with Crippen LogP contribution in [0.1, 0.15) is 36.1 Å². The number of hydrogen-bond acceptors (Lipinski definition) is 4. The number of fused-ring (bicyclic) bond motifs is 1. The van der Waals surface area contributed by atoms with Gasteiger partial charge in [0, 0.05) is 17.8 Å². The molecule has 0 spiro atoms. The number of likely N-dealkylation sites (N-methyl/N-ethyl adjacent to an activating group) is 1. The number of carbonyl (C=O) groups is 2. The summed E-state index contributed by atoms with van der Waals surface area (Å²) in [5, 5.41) is 2.94. The van der Waals surface area contributed by atoms with Crippen molar-refractivity contribution in [3.63, 3.8) is 0 Å². The molecule has 0 bridgehead atoms. The number of carbonyl (C=O) groups excluding carboxylic acids is 2. The van der Waals surface area contributed by atoms with E-state index in [1.807, 2.05) is 31.3 Å². The van der Waals surface area contributed by atoms with E-state index in [2.05, 4.69) is 34.5 Å². The van der Waals surface area contributed by atoms with Crippen LogP contribution in [0.25, 0.3) is 6.08 Å². The Morgan fingerprint density at radius 1 is 1.18 bits per heavy atom. The lowest BCUT2D eigenvalue weighted by molar-refractivity contribution is -0.137. The fourth-order valence-electron chi connectivity index (χ4n) is 3.56. The number of ether oxygens (including phenoxy) is 1. The third-order valence-electron chi connectivity index (χ3n) is 4.92. The molecule has 1 atom stereocenters. The summed E-state index contributed by atoms with van der Waals surface area (Å²) < 4.78 is 4.85. The van der Waals surface area contributed by atoms with E-state index in [0.29, 0.717) is 13.2 Å². The molecule has 28 heavy (non-hydrogen) atoms. The van der Waals surface area contributed by atoms with Crippen molar-refractivity contribution in [2.45, 2.75) is 25.8 Å². The maximum absolute atomic E-state index is 12.4. The van der Waals surface area contributed by atoms with Gasteiger partial charge in [-0.05, 0) is 61.7 Å².